The molecule has 3 aromatic carbocycles. The molecule has 6 heteroatoms. The lowest BCUT2D eigenvalue weighted by molar-refractivity contribution is 0.0726. The van der Waals surface area contributed by atoms with E-state index in [0.717, 1.165) is 31.7 Å². The summed E-state index contributed by atoms with van der Waals surface area (Å²) < 4.78 is 8.44. The number of ether oxygens (including phenoxy) is 1. The second kappa shape index (κ2) is 7.39. The first-order chi connectivity index (χ1) is 14.6. The van der Waals surface area contributed by atoms with Gasteiger partial charge in [-0.3, -0.25) is 0 Å². The molecule has 0 aliphatic carbocycles. The number of carbonyl (C=O) groups is 1. The smallest absolute Gasteiger partial charge is 0.345 e. The van der Waals surface area contributed by atoms with Crippen molar-refractivity contribution >= 4 is 43.6 Å². The summed E-state index contributed by atoms with van der Waals surface area (Å²) in [5.74, 6) is 0.387. The van der Waals surface area contributed by atoms with Crippen molar-refractivity contribution in [3.05, 3.63) is 94.7 Å². The standard InChI is InChI=1S/C24H16BrN3O2/c1-15-10-11-16-6-2-4-8-19(16)22(15)23(29)30-21-12-17-7-3-5-9-20(17)28(21)24-26-13-18(25)14-27-24/h2-14H,1H3. The first-order valence-corrected chi connectivity index (χ1v) is 10.2. The monoisotopic (exact) mass is 457 g/mol. The Bertz CT molecular complexity index is 1410. The molecule has 0 fully saturated rings. The van der Waals surface area contributed by atoms with Gasteiger partial charge in [-0.05, 0) is 45.3 Å². The zero-order valence-corrected chi connectivity index (χ0v) is 17.6. The Morgan fingerprint density at radius 3 is 2.43 bits per heavy atom. The number of halogens is 1. The predicted molar refractivity (Wildman–Crippen MR) is 120 cm³/mol. The summed E-state index contributed by atoms with van der Waals surface area (Å²) in [5, 5.41) is 2.79. The van der Waals surface area contributed by atoms with Crippen LogP contribution in [0.1, 0.15) is 15.9 Å². The number of nitrogens with zero attached hydrogens (tertiary/aromatic N) is 3. The Balaban J connectivity index is 1.65. The van der Waals surface area contributed by atoms with Crippen LogP contribution in [0, 0.1) is 6.92 Å². The van der Waals surface area contributed by atoms with Crippen molar-refractivity contribution in [1.29, 1.82) is 0 Å². The van der Waals surface area contributed by atoms with Gasteiger partial charge in [0.15, 0.2) is 0 Å². The first kappa shape index (κ1) is 18.5. The average molecular weight is 458 g/mol. The minimum atomic E-state index is -0.412. The van der Waals surface area contributed by atoms with Gasteiger partial charge in [0.25, 0.3) is 0 Å². The minimum Gasteiger partial charge on any atom is -0.405 e. The number of hydrogen-bond acceptors (Lipinski definition) is 4. The molecule has 0 saturated heterocycles. The predicted octanol–water partition coefficient (Wildman–Crippen LogP) is 5.86. The van der Waals surface area contributed by atoms with E-state index in [1.807, 2.05) is 73.7 Å². The molecule has 0 spiro atoms. The molecule has 0 aliphatic rings. The van der Waals surface area contributed by atoms with Crippen LogP contribution in [-0.2, 0) is 0 Å². The van der Waals surface area contributed by atoms with Gasteiger partial charge in [0.2, 0.25) is 11.8 Å². The van der Waals surface area contributed by atoms with Gasteiger partial charge in [0.05, 0.1) is 15.6 Å². The highest BCUT2D eigenvalue weighted by Gasteiger charge is 2.20. The Morgan fingerprint density at radius 1 is 0.933 bits per heavy atom. The molecule has 0 radical (unpaired) electrons. The molecule has 5 aromatic rings. The topological polar surface area (TPSA) is 57.0 Å². The molecule has 0 atom stereocenters. The summed E-state index contributed by atoms with van der Waals surface area (Å²) in [6.45, 7) is 1.91. The third-order valence-corrected chi connectivity index (χ3v) is 5.43. The highest BCUT2D eigenvalue weighted by molar-refractivity contribution is 9.10. The zero-order chi connectivity index (χ0) is 20.7. The zero-order valence-electron chi connectivity index (χ0n) is 16.0. The first-order valence-electron chi connectivity index (χ1n) is 9.41. The molecule has 146 valence electrons. The molecule has 0 N–H and O–H groups in total. The molecule has 0 amide bonds. The van der Waals surface area contributed by atoms with Gasteiger partial charge in [-0.2, -0.15) is 0 Å². The van der Waals surface area contributed by atoms with Crippen molar-refractivity contribution in [3.63, 3.8) is 0 Å². The van der Waals surface area contributed by atoms with E-state index >= 15 is 0 Å². The Hall–Kier alpha value is -3.51. The number of benzene rings is 3. The van der Waals surface area contributed by atoms with E-state index in [0.29, 0.717) is 17.4 Å². The lowest BCUT2D eigenvalue weighted by Crippen LogP contribution is -2.14. The Kier molecular flexibility index (Phi) is 4.56. The second-order valence-corrected chi connectivity index (χ2v) is 7.86. The highest BCUT2D eigenvalue weighted by atomic mass is 79.9. The maximum absolute atomic E-state index is 13.3. The SMILES string of the molecule is Cc1ccc2ccccc2c1C(=O)Oc1cc2ccccc2n1-c1ncc(Br)cn1. The molecular weight excluding hydrogens is 442 g/mol. The van der Waals surface area contributed by atoms with Crippen LogP contribution in [0.25, 0.3) is 27.6 Å². The third kappa shape index (κ3) is 3.15. The van der Waals surface area contributed by atoms with Crippen LogP contribution in [0.3, 0.4) is 0 Å². The van der Waals surface area contributed by atoms with E-state index in [-0.39, 0.29) is 0 Å². The minimum absolute atomic E-state index is 0.371. The van der Waals surface area contributed by atoms with Crippen LogP contribution >= 0.6 is 15.9 Å². The van der Waals surface area contributed by atoms with Crippen molar-refractivity contribution < 1.29 is 9.53 Å². The van der Waals surface area contributed by atoms with Crippen LogP contribution in [0.15, 0.2) is 83.6 Å². The van der Waals surface area contributed by atoms with Crippen molar-refractivity contribution in [1.82, 2.24) is 14.5 Å². The van der Waals surface area contributed by atoms with Gasteiger partial charge >= 0.3 is 5.97 Å². The van der Waals surface area contributed by atoms with Gasteiger partial charge in [-0.1, -0.05) is 54.6 Å². The normalized spacial score (nSPS) is 11.1. The summed E-state index contributed by atoms with van der Waals surface area (Å²) in [6.07, 6.45) is 3.33. The lowest BCUT2D eigenvalue weighted by atomic mass is 10.00. The van der Waals surface area contributed by atoms with E-state index in [1.165, 1.54) is 0 Å². The second-order valence-electron chi connectivity index (χ2n) is 6.95. The summed E-state index contributed by atoms with van der Waals surface area (Å²) >= 11 is 3.36. The summed E-state index contributed by atoms with van der Waals surface area (Å²) in [5.41, 5.74) is 2.28. The fraction of sp³-hybridized carbons (Fsp3) is 0.0417. The number of carbonyl (C=O) groups excluding carboxylic acids is 1. The molecule has 2 aromatic heterocycles. The van der Waals surface area contributed by atoms with E-state index in [4.69, 9.17) is 4.74 Å². The fourth-order valence-corrected chi connectivity index (χ4v) is 3.83. The van der Waals surface area contributed by atoms with E-state index in [9.17, 15) is 4.79 Å². The average Bonchev–Trinajstić information content (AvgIpc) is 3.12. The molecule has 0 saturated carbocycles. The van der Waals surface area contributed by atoms with Crippen molar-refractivity contribution in [2.45, 2.75) is 6.92 Å². The van der Waals surface area contributed by atoms with Crippen LogP contribution in [-0.4, -0.2) is 20.5 Å². The van der Waals surface area contributed by atoms with Crippen molar-refractivity contribution in [3.8, 4) is 11.8 Å². The third-order valence-electron chi connectivity index (χ3n) is 5.02. The molecule has 0 aliphatic heterocycles. The van der Waals surface area contributed by atoms with E-state index in [2.05, 4.69) is 25.9 Å². The van der Waals surface area contributed by atoms with Gasteiger partial charge in [-0.15, -0.1) is 0 Å². The van der Waals surface area contributed by atoms with Gasteiger partial charge in [0.1, 0.15) is 0 Å². The van der Waals surface area contributed by atoms with E-state index in [1.54, 1.807) is 17.0 Å². The Labute approximate surface area is 181 Å². The number of aryl methyl sites for hydroxylation is 1. The van der Waals surface area contributed by atoms with Crippen LogP contribution in [0.2, 0.25) is 0 Å². The number of para-hydroxylation sites is 1. The number of esters is 1. The largest absolute Gasteiger partial charge is 0.405 e. The fourth-order valence-electron chi connectivity index (χ4n) is 3.63. The molecule has 5 rings (SSSR count). The van der Waals surface area contributed by atoms with Gasteiger partial charge in [-0.25, -0.2) is 19.3 Å². The molecule has 30 heavy (non-hydrogen) atoms. The quantitative estimate of drug-likeness (QED) is 0.318. The summed E-state index contributed by atoms with van der Waals surface area (Å²) in [6, 6.07) is 21.4. The number of hydrogen-bond donors (Lipinski definition) is 0. The number of aromatic nitrogens is 3. The lowest BCUT2D eigenvalue weighted by Gasteiger charge is -2.12. The van der Waals surface area contributed by atoms with Gasteiger partial charge in [0, 0.05) is 23.8 Å². The van der Waals surface area contributed by atoms with Crippen molar-refractivity contribution in [2.75, 3.05) is 0 Å². The van der Waals surface area contributed by atoms with Crippen LogP contribution < -0.4 is 4.74 Å². The van der Waals surface area contributed by atoms with Gasteiger partial charge < -0.3 is 4.74 Å². The molecule has 5 nitrogen and oxygen atoms in total. The maximum Gasteiger partial charge on any atom is 0.345 e. The molecule has 2 heterocycles. The molecular formula is C24H16BrN3O2. The van der Waals surface area contributed by atoms with Crippen LogP contribution in [0.4, 0.5) is 0 Å². The summed E-state index contributed by atoms with van der Waals surface area (Å²) in [4.78, 5) is 22.1. The number of rotatable bonds is 3. The molecule has 0 bridgehead atoms. The van der Waals surface area contributed by atoms with E-state index < -0.39 is 5.97 Å². The number of fused-ring (bicyclic) bond motifs is 2. The molecule has 0 unspecified atom stereocenters. The highest BCUT2D eigenvalue weighted by Crippen LogP contribution is 2.30. The van der Waals surface area contributed by atoms with Crippen molar-refractivity contribution in [2.24, 2.45) is 0 Å². The Morgan fingerprint density at radius 2 is 1.63 bits per heavy atom. The maximum atomic E-state index is 13.3. The summed E-state index contributed by atoms with van der Waals surface area (Å²) in [7, 11) is 0. The van der Waals surface area contributed by atoms with Crippen LogP contribution in [0.5, 0.6) is 5.88 Å².